The van der Waals surface area contributed by atoms with Gasteiger partial charge in [-0.05, 0) is 31.1 Å². The summed E-state index contributed by atoms with van der Waals surface area (Å²) in [6.07, 6.45) is 4.83. The molecule has 3 atom stereocenters. The smallest absolute Gasteiger partial charge is 0.317 e. The van der Waals surface area contributed by atoms with Gasteiger partial charge in [0.05, 0.1) is 5.41 Å². The van der Waals surface area contributed by atoms with Crippen LogP contribution in [0.2, 0.25) is 0 Å². The Kier molecular flexibility index (Phi) is 4.55. The van der Waals surface area contributed by atoms with E-state index >= 15 is 0 Å². The Morgan fingerprint density at radius 2 is 2.15 bits per heavy atom. The van der Waals surface area contributed by atoms with Crippen LogP contribution >= 0.6 is 0 Å². The first kappa shape index (κ1) is 15.1. The third kappa shape index (κ3) is 2.91. The number of nitrogens with zero attached hydrogens (tertiary/aromatic N) is 1. The lowest BCUT2D eigenvalue weighted by Crippen LogP contribution is -2.43. The number of hydrogen-bond donors (Lipinski definition) is 2. The number of urea groups is 1. The molecular weight excluding hydrogens is 256 g/mol. The normalized spacial score (nSPS) is 33.4. The molecule has 1 heterocycles. The van der Waals surface area contributed by atoms with Crippen molar-refractivity contribution in [2.24, 2.45) is 17.3 Å². The van der Waals surface area contributed by atoms with Crippen LogP contribution in [0.15, 0.2) is 0 Å². The van der Waals surface area contributed by atoms with Crippen LogP contribution in [-0.4, -0.2) is 41.6 Å². The molecule has 3 unspecified atom stereocenters. The standard InChI is InChI=1S/C15H26N2O3/c1-3-15(13(18)19)7-8-17(10-15)14(20)16-9-12-6-4-5-11(12)2/h11-12H,3-10H2,1-2H3,(H,16,20)(H,18,19). The van der Waals surface area contributed by atoms with Gasteiger partial charge in [-0.1, -0.05) is 26.7 Å². The van der Waals surface area contributed by atoms with Crippen molar-refractivity contribution in [2.75, 3.05) is 19.6 Å². The first-order valence-corrected chi connectivity index (χ1v) is 7.74. The minimum absolute atomic E-state index is 0.0966. The molecule has 0 spiro atoms. The first-order valence-electron chi connectivity index (χ1n) is 7.74. The monoisotopic (exact) mass is 282 g/mol. The molecular formula is C15H26N2O3. The van der Waals surface area contributed by atoms with Crippen molar-refractivity contribution in [3.63, 3.8) is 0 Å². The molecule has 1 aliphatic carbocycles. The summed E-state index contributed by atoms with van der Waals surface area (Å²) in [6.45, 7) is 5.74. The summed E-state index contributed by atoms with van der Waals surface area (Å²) in [5.74, 6) is 0.485. The number of carbonyl (C=O) groups excluding carboxylic acids is 1. The number of amides is 2. The lowest BCUT2D eigenvalue weighted by atomic mass is 9.84. The number of aliphatic carboxylic acids is 1. The molecule has 5 heteroatoms. The highest BCUT2D eigenvalue weighted by Gasteiger charge is 2.44. The van der Waals surface area contributed by atoms with Crippen molar-refractivity contribution >= 4 is 12.0 Å². The lowest BCUT2D eigenvalue weighted by molar-refractivity contribution is -0.148. The van der Waals surface area contributed by atoms with Crippen LogP contribution in [-0.2, 0) is 4.79 Å². The van der Waals surface area contributed by atoms with E-state index in [1.807, 2.05) is 6.92 Å². The van der Waals surface area contributed by atoms with Gasteiger partial charge in [-0.15, -0.1) is 0 Å². The molecule has 0 aromatic carbocycles. The molecule has 0 aromatic rings. The maximum atomic E-state index is 12.2. The van der Waals surface area contributed by atoms with Gasteiger partial charge in [-0.3, -0.25) is 4.79 Å². The average Bonchev–Trinajstić information content (AvgIpc) is 3.03. The van der Waals surface area contributed by atoms with Crippen LogP contribution in [0.3, 0.4) is 0 Å². The highest BCUT2D eigenvalue weighted by molar-refractivity contribution is 5.79. The Labute approximate surface area is 120 Å². The molecule has 0 radical (unpaired) electrons. The van der Waals surface area contributed by atoms with Gasteiger partial charge in [0, 0.05) is 19.6 Å². The second kappa shape index (κ2) is 6.02. The summed E-state index contributed by atoms with van der Waals surface area (Å²) in [5, 5.41) is 12.3. The molecule has 0 aromatic heterocycles. The Hall–Kier alpha value is -1.26. The van der Waals surface area contributed by atoms with Crippen molar-refractivity contribution in [1.29, 1.82) is 0 Å². The van der Waals surface area contributed by atoms with E-state index in [-0.39, 0.29) is 6.03 Å². The molecule has 0 bridgehead atoms. The number of likely N-dealkylation sites (tertiary alicyclic amines) is 1. The summed E-state index contributed by atoms with van der Waals surface area (Å²) < 4.78 is 0. The zero-order chi connectivity index (χ0) is 14.8. The average molecular weight is 282 g/mol. The van der Waals surface area contributed by atoms with Crippen LogP contribution in [0.4, 0.5) is 4.79 Å². The molecule has 1 saturated heterocycles. The molecule has 114 valence electrons. The summed E-state index contributed by atoms with van der Waals surface area (Å²) in [6, 6.07) is -0.0966. The van der Waals surface area contributed by atoms with Gasteiger partial charge in [0.1, 0.15) is 0 Å². The van der Waals surface area contributed by atoms with Crippen LogP contribution in [0.5, 0.6) is 0 Å². The number of nitrogens with one attached hydrogen (secondary N) is 1. The quantitative estimate of drug-likeness (QED) is 0.831. The van der Waals surface area contributed by atoms with Gasteiger partial charge in [0.2, 0.25) is 0 Å². The Morgan fingerprint density at radius 3 is 2.65 bits per heavy atom. The highest BCUT2D eigenvalue weighted by atomic mass is 16.4. The molecule has 2 fully saturated rings. The summed E-state index contributed by atoms with van der Waals surface area (Å²) in [4.78, 5) is 25.2. The zero-order valence-electron chi connectivity index (χ0n) is 12.5. The Morgan fingerprint density at radius 1 is 1.40 bits per heavy atom. The summed E-state index contributed by atoms with van der Waals surface area (Å²) >= 11 is 0. The number of carboxylic acids is 1. The molecule has 2 aliphatic rings. The van der Waals surface area contributed by atoms with E-state index < -0.39 is 11.4 Å². The van der Waals surface area contributed by atoms with Crippen LogP contribution in [0, 0.1) is 17.3 Å². The topological polar surface area (TPSA) is 69.6 Å². The van der Waals surface area contributed by atoms with Crippen LogP contribution in [0.25, 0.3) is 0 Å². The van der Waals surface area contributed by atoms with E-state index in [4.69, 9.17) is 0 Å². The minimum atomic E-state index is -0.778. The third-order valence-corrected chi connectivity index (χ3v) is 5.33. The second-order valence-corrected chi connectivity index (χ2v) is 6.46. The number of rotatable bonds is 4. The van der Waals surface area contributed by atoms with Gasteiger partial charge in [0.25, 0.3) is 0 Å². The Balaban J connectivity index is 1.83. The van der Waals surface area contributed by atoms with Crippen molar-refractivity contribution in [1.82, 2.24) is 10.2 Å². The maximum absolute atomic E-state index is 12.2. The fourth-order valence-corrected chi connectivity index (χ4v) is 3.52. The van der Waals surface area contributed by atoms with E-state index in [1.54, 1.807) is 4.90 Å². The van der Waals surface area contributed by atoms with Gasteiger partial charge < -0.3 is 15.3 Å². The van der Waals surface area contributed by atoms with E-state index in [0.29, 0.717) is 37.8 Å². The fraction of sp³-hybridized carbons (Fsp3) is 0.867. The third-order valence-electron chi connectivity index (χ3n) is 5.33. The van der Waals surface area contributed by atoms with E-state index in [0.717, 1.165) is 6.54 Å². The van der Waals surface area contributed by atoms with Gasteiger partial charge in [-0.25, -0.2) is 4.79 Å². The highest BCUT2D eigenvalue weighted by Crippen LogP contribution is 2.34. The zero-order valence-corrected chi connectivity index (χ0v) is 12.5. The molecule has 2 rings (SSSR count). The van der Waals surface area contributed by atoms with Crippen molar-refractivity contribution in [3.05, 3.63) is 0 Å². The maximum Gasteiger partial charge on any atom is 0.317 e. The number of carbonyl (C=O) groups is 2. The number of carboxylic acid groups (broad SMARTS) is 1. The molecule has 2 N–H and O–H groups in total. The molecule has 1 aliphatic heterocycles. The van der Waals surface area contributed by atoms with Crippen LogP contribution < -0.4 is 5.32 Å². The lowest BCUT2D eigenvalue weighted by Gasteiger charge is -2.24. The molecule has 1 saturated carbocycles. The van der Waals surface area contributed by atoms with Gasteiger partial charge in [-0.2, -0.15) is 0 Å². The molecule has 5 nitrogen and oxygen atoms in total. The van der Waals surface area contributed by atoms with E-state index in [1.165, 1.54) is 19.3 Å². The van der Waals surface area contributed by atoms with E-state index in [9.17, 15) is 14.7 Å². The Bertz CT molecular complexity index is 385. The largest absolute Gasteiger partial charge is 0.481 e. The number of hydrogen-bond acceptors (Lipinski definition) is 2. The molecule has 2 amide bonds. The predicted octanol–water partition coefficient (Wildman–Crippen LogP) is 2.32. The predicted molar refractivity (Wildman–Crippen MR) is 76.5 cm³/mol. The summed E-state index contributed by atoms with van der Waals surface area (Å²) in [7, 11) is 0. The fourth-order valence-electron chi connectivity index (χ4n) is 3.52. The SMILES string of the molecule is CCC1(C(=O)O)CCN(C(=O)NCC2CCCC2C)C1. The van der Waals surface area contributed by atoms with Gasteiger partial charge in [0.15, 0.2) is 0 Å². The van der Waals surface area contributed by atoms with Crippen molar-refractivity contribution in [3.8, 4) is 0 Å². The molecule has 20 heavy (non-hydrogen) atoms. The van der Waals surface area contributed by atoms with Gasteiger partial charge >= 0.3 is 12.0 Å². The van der Waals surface area contributed by atoms with E-state index in [2.05, 4.69) is 12.2 Å². The summed E-state index contributed by atoms with van der Waals surface area (Å²) in [5.41, 5.74) is -0.738. The minimum Gasteiger partial charge on any atom is -0.481 e. The van der Waals surface area contributed by atoms with Crippen molar-refractivity contribution < 1.29 is 14.7 Å². The van der Waals surface area contributed by atoms with Crippen LogP contribution in [0.1, 0.15) is 46.0 Å². The second-order valence-electron chi connectivity index (χ2n) is 6.46. The first-order chi connectivity index (χ1) is 9.48. The van der Waals surface area contributed by atoms with Crippen molar-refractivity contribution in [2.45, 2.75) is 46.0 Å².